The second-order valence-electron chi connectivity index (χ2n) is 2.95. The topological polar surface area (TPSA) is 69.4 Å². The summed E-state index contributed by atoms with van der Waals surface area (Å²) < 4.78 is 5.45. The van der Waals surface area contributed by atoms with Crippen LogP contribution in [-0.2, 0) is 4.74 Å². The van der Waals surface area contributed by atoms with Crippen LogP contribution in [0.3, 0.4) is 0 Å². The first-order valence-electron chi connectivity index (χ1n) is 4.26. The van der Waals surface area contributed by atoms with E-state index in [-0.39, 0.29) is 5.78 Å². The Balaban J connectivity index is 2.76. The van der Waals surface area contributed by atoms with Crippen molar-refractivity contribution in [3.8, 4) is 0 Å². The number of carbonyl (C=O) groups is 2. The number of benzene rings is 1. The molecule has 2 N–H and O–H groups in total. The van der Waals surface area contributed by atoms with Crippen LogP contribution in [0.1, 0.15) is 17.3 Å². The monoisotopic (exact) mass is 271 g/mol. The zero-order valence-electron chi connectivity index (χ0n) is 8.07. The van der Waals surface area contributed by atoms with Gasteiger partial charge in [-0.1, -0.05) is 28.1 Å². The Kier molecular flexibility index (Phi) is 3.85. The van der Waals surface area contributed by atoms with Gasteiger partial charge in [-0.15, -0.1) is 0 Å². The lowest BCUT2D eigenvalue weighted by molar-refractivity contribution is 0.0695. The number of carbonyl (C=O) groups excluding carboxylic acids is 2. The standard InChI is InChI=1S/C10H10BrNO3/c1-6(15-10(12)14)9(13)7-2-4-8(11)5-3-7/h2-6H,1H3,(H2,12,14). The van der Waals surface area contributed by atoms with Crippen molar-refractivity contribution in [1.29, 1.82) is 0 Å². The van der Waals surface area contributed by atoms with Crippen LogP contribution in [0.2, 0.25) is 0 Å². The minimum atomic E-state index is -0.951. The number of rotatable bonds is 3. The highest BCUT2D eigenvalue weighted by molar-refractivity contribution is 9.10. The van der Waals surface area contributed by atoms with Gasteiger partial charge < -0.3 is 10.5 Å². The minimum absolute atomic E-state index is 0.277. The smallest absolute Gasteiger partial charge is 0.405 e. The van der Waals surface area contributed by atoms with Crippen molar-refractivity contribution < 1.29 is 14.3 Å². The number of hydrogen-bond donors (Lipinski definition) is 1. The van der Waals surface area contributed by atoms with Crippen LogP contribution in [0.5, 0.6) is 0 Å². The van der Waals surface area contributed by atoms with E-state index in [1.807, 2.05) is 0 Å². The molecule has 0 saturated carbocycles. The van der Waals surface area contributed by atoms with Crippen LogP contribution >= 0.6 is 15.9 Å². The molecule has 0 saturated heterocycles. The van der Waals surface area contributed by atoms with E-state index in [0.29, 0.717) is 5.56 Å². The average Bonchev–Trinajstić information content (AvgIpc) is 2.17. The van der Waals surface area contributed by atoms with E-state index in [0.717, 1.165) is 4.47 Å². The highest BCUT2D eigenvalue weighted by atomic mass is 79.9. The molecule has 0 heterocycles. The molecule has 0 spiro atoms. The lowest BCUT2D eigenvalue weighted by Gasteiger charge is -2.09. The van der Waals surface area contributed by atoms with Crippen molar-refractivity contribution in [2.45, 2.75) is 13.0 Å². The molecule has 15 heavy (non-hydrogen) atoms. The lowest BCUT2D eigenvalue weighted by atomic mass is 10.1. The van der Waals surface area contributed by atoms with Crippen molar-refractivity contribution in [1.82, 2.24) is 0 Å². The number of Topliss-reactive ketones (excluding diaryl/α,β-unsaturated/α-hetero) is 1. The zero-order chi connectivity index (χ0) is 11.4. The first kappa shape index (κ1) is 11.7. The maximum Gasteiger partial charge on any atom is 0.405 e. The van der Waals surface area contributed by atoms with Gasteiger partial charge in [0.05, 0.1) is 0 Å². The van der Waals surface area contributed by atoms with Gasteiger partial charge in [0, 0.05) is 10.0 Å². The molecule has 0 aliphatic rings. The summed E-state index contributed by atoms with van der Waals surface area (Å²) in [4.78, 5) is 22.1. The summed E-state index contributed by atoms with van der Waals surface area (Å²) in [5.74, 6) is -0.277. The third-order valence-electron chi connectivity index (χ3n) is 1.79. The lowest BCUT2D eigenvalue weighted by Crippen LogP contribution is -2.27. The van der Waals surface area contributed by atoms with E-state index in [9.17, 15) is 9.59 Å². The molecular formula is C10H10BrNO3. The van der Waals surface area contributed by atoms with Gasteiger partial charge in [-0.3, -0.25) is 4.79 Å². The summed E-state index contributed by atoms with van der Waals surface area (Å²) in [6.45, 7) is 1.48. The Morgan fingerprint density at radius 3 is 2.33 bits per heavy atom. The molecule has 1 atom stereocenters. The summed E-state index contributed by atoms with van der Waals surface area (Å²) >= 11 is 3.26. The molecule has 0 aliphatic carbocycles. The van der Waals surface area contributed by atoms with E-state index in [2.05, 4.69) is 20.7 Å². The highest BCUT2D eigenvalue weighted by Crippen LogP contribution is 2.12. The van der Waals surface area contributed by atoms with Gasteiger partial charge in [-0.05, 0) is 19.1 Å². The third kappa shape index (κ3) is 3.36. The summed E-state index contributed by atoms with van der Waals surface area (Å²) in [5, 5.41) is 0. The quantitative estimate of drug-likeness (QED) is 0.857. The molecule has 0 bridgehead atoms. The molecule has 0 aliphatic heterocycles. The second kappa shape index (κ2) is 4.93. The number of ether oxygens (including phenoxy) is 1. The highest BCUT2D eigenvalue weighted by Gasteiger charge is 2.17. The largest absolute Gasteiger partial charge is 0.438 e. The summed E-state index contributed by atoms with van der Waals surface area (Å²) in [6.07, 6.45) is -1.81. The molecule has 0 aromatic heterocycles. The Bertz CT molecular complexity index is 375. The van der Waals surface area contributed by atoms with Gasteiger partial charge in [-0.2, -0.15) is 0 Å². The Morgan fingerprint density at radius 1 is 1.33 bits per heavy atom. The summed E-state index contributed by atoms with van der Waals surface area (Å²) in [7, 11) is 0. The van der Waals surface area contributed by atoms with Gasteiger partial charge in [0.1, 0.15) is 0 Å². The average molecular weight is 272 g/mol. The minimum Gasteiger partial charge on any atom is -0.438 e. The van der Waals surface area contributed by atoms with E-state index in [4.69, 9.17) is 5.73 Å². The SMILES string of the molecule is CC(OC(N)=O)C(=O)c1ccc(Br)cc1. The van der Waals surface area contributed by atoms with Gasteiger partial charge >= 0.3 is 6.09 Å². The molecule has 5 heteroatoms. The Hall–Kier alpha value is -1.36. The molecule has 1 unspecified atom stereocenters. The van der Waals surface area contributed by atoms with Crippen LogP contribution in [0.4, 0.5) is 4.79 Å². The van der Waals surface area contributed by atoms with Gasteiger partial charge in [0.25, 0.3) is 0 Å². The van der Waals surface area contributed by atoms with Crippen molar-refractivity contribution in [2.24, 2.45) is 5.73 Å². The van der Waals surface area contributed by atoms with Crippen molar-refractivity contribution in [2.75, 3.05) is 0 Å². The van der Waals surface area contributed by atoms with E-state index in [1.165, 1.54) is 6.92 Å². The molecular weight excluding hydrogens is 262 g/mol. The van der Waals surface area contributed by atoms with Gasteiger partial charge in [0.2, 0.25) is 5.78 Å². The first-order valence-corrected chi connectivity index (χ1v) is 5.06. The van der Waals surface area contributed by atoms with Crippen molar-refractivity contribution >= 4 is 27.8 Å². The number of halogens is 1. The molecule has 1 amide bonds. The number of ketones is 1. The fraction of sp³-hybridized carbons (Fsp3) is 0.200. The molecule has 4 nitrogen and oxygen atoms in total. The Morgan fingerprint density at radius 2 is 1.87 bits per heavy atom. The number of nitrogens with two attached hydrogens (primary N) is 1. The van der Waals surface area contributed by atoms with Crippen molar-refractivity contribution in [3.63, 3.8) is 0 Å². The molecule has 1 aromatic carbocycles. The number of primary amides is 1. The van der Waals surface area contributed by atoms with Crippen LogP contribution < -0.4 is 5.73 Å². The summed E-state index contributed by atoms with van der Waals surface area (Å²) in [6, 6.07) is 6.77. The third-order valence-corrected chi connectivity index (χ3v) is 2.32. The molecule has 1 aromatic rings. The number of hydrogen-bond acceptors (Lipinski definition) is 3. The zero-order valence-corrected chi connectivity index (χ0v) is 9.65. The van der Waals surface area contributed by atoms with E-state index < -0.39 is 12.2 Å². The predicted molar refractivity (Wildman–Crippen MR) is 58.6 cm³/mol. The normalized spacial score (nSPS) is 11.9. The molecule has 1 rings (SSSR count). The molecule has 0 radical (unpaired) electrons. The maximum absolute atomic E-state index is 11.6. The van der Waals surface area contributed by atoms with Gasteiger partial charge in [0.15, 0.2) is 6.10 Å². The van der Waals surface area contributed by atoms with E-state index in [1.54, 1.807) is 24.3 Å². The fourth-order valence-corrected chi connectivity index (χ4v) is 1.34. The van der Waals surface area contributed by atoms with E-state index >= 15 is 0 Å². The van der Waals surface area contributed by atoms with Crippen molar-refractivity contribution in [3.05, 3.63) is 34.3 Å². The molecule has 0 fully saturated rings. The maximum atomic E-state index is 11.6. The van der Waals surface area contributed by atoms with Crippen LogP contribution in [0, 0.1) is 0 Å². The van der Waals surface area contributed by atoms with Gasteiger partial charge in [-0.25, -0.2) is 4.79 Å². The second-order valence-corrected chi connectivity index (χ2v) is 3.87. The number of amides is 1. The summed E-state index contributed by atoms with van der Waals surface area (Å²) in [5.41, 5.74) is 5.29. The van der Waals surface area contributed by atoms with Crippen LogP contribution in [0.15, 0.2) is 28.7 Å². The first-order chi connectivity index (χ1) is 7.00. The van der Waals surface area contributed by atoms with Crippen LogP contribution in [0.25, 0.3) is 0 Å². The Labute approximate surface area is 95.5 Å². The predicted octanol–water partition coefficient (Wildman–Crippen LogP) is 2.12. The molecule has 80 valence electrons. The van der Waals surface area contributed by atoms with Crippen LogP contribution in [-0.4, -0.2) is 18.0 Å². The fourth-order valence-electron chi connectivity index (χ4n) is 1.08.